The lowest BCUT2D eigenvalue weighted by atomic mass is 9.99. The van der Waals surface area contributed by atoms with E-state index < -0.39 is 6.29 Å². The topological polar surface area (TPSA) is 66.0 Å². The van der Waals surface area contributed by atoms with E-state index in [1.807, 2.05) is 31.2 Å². The molecule has 5 nitrogen and oxygen atoms in total. The van der Waals surface area contributed by atoms with Crippen molar-refractivity contribution in [3.8, 4) is 0 Å². The van der Waals surface area contributed by atoms with E-state index in [4.69, 9.17) is 4.74 Å². The molecule has 1 aliphatic rings. The summed E-state index contributed by atoms with van der Waals surface area (Å²) >= 11 is 0. The summed E-state index contributed by atoms with van der Waals surface area (Å²) in [6, 6.07) is 9.39. The van der Waals surface area contributed by atoms with Crippen LogP contribution in [0.25, 0.3) is 0 Å². The molecule has 0 bridgehead atoms. The van der Waals surface area contributed by atoms with Crippen LogP contribution in [0, 0.1) is 6.92 Å². The van der Waals surface area contributed by atoms with Gasteiger partial charge in [-0.2, -0.15) is 0 Å². The molecule has 1 amide bonds. The molecule has 0 radical (unpaired) electrons. The first-order chi connectivity index (χ1) is 11.1. The van der Waals surface area contributed by atoms with E-state index in [2.05, 4.69) is 4.98 Å². The molecule has 5 heteroatoms. The molecule has 23 heavy (non-hydrogen) atoms. The van der Waals surface area contributed by atoms with Gasteiger partial charge >= 0.3 is 0 Å². The molecule has 2 unspecified atom stereocenters. The van der Waals surface area contributed by atoms with Crippen LogP contribution in [0.15, 0.2) is 42.7 Å². The summed E-state index contributed by atoms with van der Waals surface area (Å²) < 4.78 is 5.03. The quantitative estimate of drug-likeness (QED) is 0.861. The fraction of sp³-hybridized carbons (Fsp3) is 0.333. The molecule has 2 heterocycles. The molecule has 1 N–H and O–H groups in total. The van der Waals surface area contributed by atoms with Crippen molar-refractivity contribution in [2.45, 2.75) is 32.2 Å². The van der Waals surface area contributed by atoms with Gasteiger partial charge in [-0.1, -0.05) is 6.07 Å². The Morgan fingerprint density at radius 1 is 1.39 bits per heavy atom. The first kappa shape index (κ1) is 15.6. The summed E-state index contributed by atoms with van der Waals surface area (Å²) in [6.45, 7) is 2.03. The Labute approximate surface area is 135 Å². The maximum Gasteiger partial charge on any atom is 0.258 e. The molecule has 0 aliphatic carbocycles. The van der Waals surface area contributed by atoms with Crippen LogP contribution in [-0.2, 0) is 11.2 Å². The van der Waals surface area contributed by atoms with Crippen LogP contribution in [-0.4, -0.2) is 35.4 Å². The number of carbonyl (C=O) groups is 1. The minimum absolute atomic E-state index is 0.0631. The van der Waals surface area contributed by atoms with Crippen LogP contribution >= 0.6 is 0 Å². The molecule has 1 aliphatic heterocycles. The van der Waals surface area contributed by atoms with Crippen molar-refractivity contribution in [2.24, 2.45) is 0 Å². The second-order valence-electron chi connectivity index (χ2n) is 5.82. The molecule has 120 valence electrons. The van der Waals surface area contributed by atoms with Gasteiger partial charge in [-0.15, -0.1) is 0 Å². The minimum Gasteiger partial charge on any atom is -0.366 e. The number of hydrogen-bond donors (Lipinski definition) is 1. The number of hydrogen-bond acceptors (Lipinski definition) is 4. The summed E-state index contributed by atoms with van der Waals surface area (Å²) in [6.07, 6.45) is 4.21. The van der Waals surface area contributed by atoms with E-state index in [-0.39, 0.29) is 12.0 Å². The zero-order valence-electron chi connectivity index (χ0n) is 13.3. The van der Waals surface area contributed by atoms with Crippen molar-refractivity contribution < 1.29 is 14.6 Å². The SMILES string of the molecule is Cc1ccc(C(=O)N(C)c2cccnc2)cc1CCC1OC1O. The Kier molecular flexibility index (Phi) is 4.41. The average molecular weight is 312 g/mol. The minimum atomic E-state index is -0.614. The number of rotatable bonds is 5. The van der Waals surface area contributed by atoms with Crippen molar-refractivity contribution in [3.63, 3.8) is 0 Å². The second kappa shape index (κ2) is 6.48. The third kappa shape index (κ3) is 3.57. The standard InChI is InChI=1S/C18H20N2O3/c1-12-5-6-14(10-13(12)7-8-16-18(22)23-16)17(21)20(2)15-4-3-9-19-11-15/h3-6,9-11,16,18,22H,7-8H2,1-2H3. The molecular formula is C18H20N2O3. The number of aromatic nitrogens is 1. The number of amides is 1. The van der Waals surface area contributed by atoms with E-state index >= 15 is 0 Å². The number of pyridine rings is 1. The van der Waals surface area contributed by atoms with Gasteiger partial charge in [0, 0.05) is 18.8 Å². The maximum absolute atomic E-state index is 12.6. The number of epoxide rings is 1. The van der Waals surface area contributed by atoms with Gasteiger partial charge < -0.3 is 14.7 Å². The molecule has 0 spiro atoms. The van der Waals surface area contributed by atoms with Crippen molar-refractivity contribution in [1.82, 2.24) is 4.98 Å². The highest BCUT2D eigenvalue weighted by molar-refractivity contribution is 6.05. The molecule has 0 saturated carbocycles. The van der Waals surface area contributed by atoms with Gasteiger partial charge in [0.05, 0.1) is 11.9 Å². The fourth-order valence-corrected chi connectivity index (χ4v) is 2.58. The third-order valence-electron chi connectivity index (χ3n) is 4.19. The average Bonchev–Trinajstić information content (AvgIpc) is 3.29. The van der Waals surface area contributed by atoms with Crippen LogP contribution in [0.2, 0.25) is 0 Å². The van der Waals surface area contributed by atoms with Crippen molar-refractivity contribution >= 4 is 11.6 Å². The highest BCUT2D eigenvalue weighted by atomic mass is 16.7. The lowest BCUT2D eigenvalue weighted by Gasteiger charge is -2.17. The lowest BCUT2D eigenvalue weighted by molar-refractivity contribution is 0.0993. The second-order valence-corrected chi connectivity index (χ2v) is 5.82. The Hall–Kier alpha value is -2.24. The van der Waals surface area contributed by atoms with Crippen LogP contribution in [0.3, 0.4) is 0 Å². The maximum atomic E-state index is 12.6. The number of aliphatic hydroxyl groups is 1. The predicted octanol–water partition coefficient (Wildman–Crippen LogP) is 2.32. The first-order valence-electron chi connectivity index (χ1n) is 7.67. The third-order valence-corrected chi connectivity index (χ3v) is 4.19. The molecule has 1 fully saturated rings. The van der Waals surface area contributed by atoms with Crippen LogP contribution < -0.4 is 4.90 Å². The highest BCUT2D eigenvalue weighted by Gasteiger charge is 2.36. The molecule has 1 saturated heterocycles. The molecule has 3 rings (SSSR count). The van der Waals surface area contributed by atoms with Crippen molar-refractivity contribution in [2.75, 3.05) is 11.9 Å². The Balaban J connectivity index is 1.75. The fourth-order valence-electron chi connectivity index (χ4n) is 2.58. The number of nitrogens with zero attached hydrogens (tertiary/aromatic N) is 2. The van der Waals surface area contributed by atoms with Gasteiger partial charge in [0.25, 0.3) is 5.91 Å². The monoisotopic (exact) mass is 312 g/mol. The van der Waals surface area contributed by atoms with Gasteiger partial charge in [-0.05, 0) is 55.2 Å². The lowest BCUT2D eigenvalue weighted by Crippen LogP contribution is -2.26. The van der Waals surface area contributed by atoms with E-state index in [1.54, 1.807) is 30.4 Å². The van der Waals surface area contributed by atoms with E-state index in [1.165, 1.54) is 0 Å². The zero-order chi connectivity index (χ0) is 16.4. The molecular weight excluding hydrogens is 292 g/mol. The van der Waals surface area contributed by atoms with Gasteiger partial charge in [0.2, 0.25) is 0 Å². The molecule has 1 aromatic carbocycles. The molecule has 2 aromatic rings. The van der Waals surface area contributed by atoms with Gasteiger partial charge in [-0.3, -0.25) is 9.78 Å². The van der Waals surface area contributed by atoms with Crippen LogP contribution in [0.1, 0.15) is 27.9 Å². The first-order valence-corrected chi connectivity index (χ1v) is 7.67. The van der Waals surface area contributed by atoms with Gasteiger partial charge in [0.1, 0.15) is 6.10 Å². The predicted molar refractivity (Wildman–Crippen MR) is 87.4 cm³/mol. The normalized spacial score (nSPS) is 19.4. The largest absolute Gasteiger partial charge is 0.366 e. The zero-order valence-corrected chi connectivity index (χ0v) is 13.3. The summed E-state index contributed by atoms with van der Waals surface area (Å²) in [4.78, 5) is 18.3. The summed E-state index contributed by atoms with van der Waals surface area (Å²) in [5.41, 5.74) is 3.65. The summed E-state index contributed by atoms with van der Waals surface area (Å²) in [7, 11) is 1.74. The Morgan fingerprint density at radius 3 is 2.83 bits per heavy atom. The number of aryl methyl sites for hydroxylation is 2. The molecule has 1 aromatic heterocycles. The summed E-state index contributed by atoms with van der Waals surface area (Å²) in [5.74, 6) is -0.0676. The highest BCUT2D eigenvalue weighted by Crippen LogP contribution is 2.25. The Morgan fingerprint density at radius 2 is 2.17 bits per heavy atom. The Bertz CT molecular complexity index is 703. The van der Waals surface area contributed by atoms with E-state index in [9.17, 15) is 9.90 Å². The van der Waals surface area contributed by atoms with Gasteiger partial charge in [0.15, 0.2) is 6.29 Å². The van der Waals surface area contributed by atoms with E-state index in [0.717, 1.165) is 29.7 Å². The van der Waals surface area contributed by atoms with E-state index in [0.29, 0.717) is 5.56 Å². The summed E-state index contributed by atoms with van der Waals surface area (Å²) in [5, 5.41) is 9.23. The number of anilines is 1. The smallest absolute Gasteiger partial charge is 0.258 e. The van der Waals surface area contributed by atoms with Crippen molar-refractivity contribution in [1.29, 1.82) is 0 Å². The van der Waals surface area contributed by atoms with Crippen molar-refractivity contribution in [3.05, 3.63) is 59.4 Å². The number of aliphatic hydroxyl groups excluding tert-OH is 1. The number of ether oxygens (including phenoxy) is 1. The number of benzene rings is 1. The van der Waals surface area contributed by atoms with Crippen LogP contribution in [0.5, 0.6) is 0 Å². The van der Waals surface area contributed by atoms with Crippen LogP contribution in [0.4, 0.5) is 5.69 Å². The molecule has 2 atom stereocenters. The number of carbonyl (C=O) groups excluding carboxylic acids is 1. The van der Waals surface area contributed by atoms with Gasteiger partial charge in [-0.25, -0.2) is 0 Å².